The molecule has 0 saturated heterocycles. The van der Waals surface area contributed by atoms with Gasteiger partial charge in [0.25, 0.3) is 0 Å². The second-order valence-electron chi connectivity index (χ2n) is 4.90. The van der Waals surface area contributed by atoms with Gasteiger partial charge in [-0.1, -0.05) is 35.0 Å². The van der Waals surface area contributed by atoms with Gasteiger partial charge in [0.05, 0.1) is 22.4 Å². The van der Waals surface area contributed by atoms with E-state index in [1.807, 2.05) is 17.9 Å². The zero-order chi connectivity index (χ0) is 14.7. The van der Waals surface area contributed by atoms with Crippen molar-refractivity contribution in [1.82, 2.24) is 15.1 Å². The smallest absolute Gasteiger partial charge is 0.0759 e. The van der Waals surface area contributed by atoms with Crippen LogP contribution in [-0.4, -0.2) is 16.3 Å². The van der Waals surface area contributed by atoms with Crippen LogP contribution in [0.3, 0.4) is 0 Å². The summed E-state index contributed by atoms with van der Waals surface area (Å²) in [6.07, 6.45) is 2.95. The minimum atomic E-state index is 0.142. The predicted octanol–water partition coefficient (Wildman–Crippen LogP) is 4.34. The topological polar surface area (TPSA) is 29.9 Å². The summed E-state index contributed by atoms with van der Waals surface area (Å²) in [5.74, 6) is 0. The maximum atomic E-state index is 4.33. The Balaban J connectivity index is 2.44. The summed E-state index contributed by atoms with van der Waals surface area (Å²) in [6, 6.07) is 6.62. The van der Waals surface area contributed by atoms with Crippen molar-refractivity contribution in [2.75, 3.05) is 6.54 Å². The number of benzene rings is 1. The van der Waals surface area contributed by atoms with Crippen molar-refractivity contribution in [3.05, 3.63) is 50.2 Å². The van der Waals surface area contributed by atoms with Gasteiger partial charge < -0.3 is 5.32 Å². The Labute approximate surface area is 137 Å². The third-order valence-electron chi connectivity index (χ3n) is 3.32. The largest absolute Gasteiger partial charge is 0.305 e. The van der Waals surface area contributed by atoms with Gasteiger partial charge in [0.2, 0.25) is 0 Å². The molecular weight excluding hydrogens is 382 g/mol. The summed E-state index contributed by atoms with van der Waals surface area (Å²) < 4.78 is 4.10. The number of aryl methyl sites for hydroxylation is 2. The fourth-order valence-corrected chi connectivity index (χ4v) is 3.08. The Hall–Kier alpha value is -0.650. The van der Waals surface area contributed by atoms with E-state index in [0.717, 1.165) is 27.6 Å². The van der Waals surface area contributed by atoms with Gasteiger partial charge in [0.15, 0.2) is 0 Å². The predicted molar refractivity (Wildman–Crippen MR) is 89.9 cm³/mol. The molecule has 1 aromatic heterocycles. The average Bonchev–Trinajstić information content (AvgIpc) is 2.75. The number of nitrogens with one attached hydrogen (secondary N) is 1. The molecule has 0 fully saturated rings. The Kier molecular flexibility index (Phi) is 5.41. The summed E-state index contributed by atoms with van der Waals surface area (Å²) in [5, 5.41) is 7.94. The molecule has 0 aliphatic heterocycles. The molecule has 0 bridgehead atoms. The van der Waals surface area contributed by atoms with E-state index < -0.39 is 0 Å². The highest BCUT2D eigenvalue weighted by atomic mass is 79.9. The summed E-state index contributed by atoms with van der Waals surface area (Å²) in [7, 11) is 1.98. The molecule has 108 valence electrons. The molecule has 1 unspecified atom stereocenters. The van der Waals surface area contributed by atoms with E-state index in [1.54, 1.807) is 0 Å². The third-order valence-corrected chi connectivity index (χ3v) is 4.83. The van der Waals surface area contributed by atoms with Crippen LogP contribution < -0.4 is 5.32 Å². The first kappa shape index (κ1) is 15.7. The summed E-state index contributed by atoms with van der Waals surface area (Å²) in [6.45, 7) is 5.26. The van der Waals surface area contributed by atoms with Crippen LogP contribution in [0.1, 0.15) is 36.2 Å². The fourth-order valence-electron chi connectivity index (χ4n) is 2.25. The van der Waals surface area contributed by atoms with Gasteiger partial charge in [0, 0.05) is 11.5 Å². The lowest BCUT2D eigenvalue weighted by Crippen LogP contribution is -2.25. The van der Waals surface area contributed by atoms with Crippen molar-refractivity contribution >= 4 is 31.9 Å². The van der Waals surface area contributed by atoms with Crippen molar-refractivity contribution in [1.29, 1.82) is 0 Å². The second kappa shape index (κ2) is 6.87. The maximum absolute atomic E-state index is 4.33. The molecule has 1 heterocycles. The molecule has 1 N–H and O–H groups in total. The van der Waals surface area contributed by atoms with E-state index in [4.69, 9.17) is 0 Å². The molecule has 0 aliphatic rings. The van der Waals surface area contributed by atoms with E-state index in [-0.39, 0.29) is 6.04 Å². The lowest BCUT2D eigenvalue weighted by molar-refractivity contribution is 0.551. The van der Waals surface area contributed by atoms with Gasteiger partial charge in [-0.15, -0.1) is 0 Å². The van der Waals surface area contributed by atoms with Crippen LogP contribution in [-0.2, 0) is 7.05 Å². The first-order valence-electron chi connectivity index (χ1n) is 6.71. The van der Waals surface area contributed by atoms with Gasteiger partial charge in [-0.25, -0.2) is 0 Å². The molecule has 2 rings (SSSR count). The van der Waals surface area contributed by atoms with E-state index in [9.17, 15) is 0 Å². The molecule has 1 atom stereocenters. The van der Waals surface area contributed by atoms with Gasteiger partial charge in [0.1, 0.15) is 0 Å². The minimum Gasteiger partial charge on any atom is -0.305 e. The quantitative estimate of drug-likeness (QED) is 0.808. The van der Waals surface area contributed by atoms with Crippen LogP contribution in [0.25, 0.3) is 0 Å². The van der Waals surface area contributed by atoms with Crippen molar-refractivity contribution in [2.45, 2.75) is 26.3 Å². The van der Waals surface area contributed by atoms with Gasteiger partial charge in [-0.2, -0.15) is 5.10 Å². The minimum absolute atomic E-state index is 0.142. The Morgan fingerprint density at radius 3 is 2.60 bits per heavy atom. The zero-order valence-electron chi connectivity index (χ0n) is 12.0. The Bertz CT molecular complexity index is 573. The molecule has 5 heteroatoms. The highest BCUT2D eigenvalue weighted by molar-refractivity contribution is 9.10. The van der Waals surface area contributed by atoms with Crippen molar-refractivity contribution in [3.8, 4) is 0 Å². The Morgan fingerprint density at radius 1 is 1.30 bits per heavy atom. The molecule has 0 radical (unpaired) electrons. The third kappa shape index (κ3) is 3.32. The monoisotopic (exact) mass is 399 g/mol. The molecule has 0 amide bonds. The number of hydrogen-bond donors (Lipinski definition) is 1. The van der Waals surface area contributed by atoms with Crippen LogP contribution in [0.4, 0.5) is 0 Å². The Morgan fingerprint density at radius 2 is 2.05 bits per heavy atom. The highest BCUT2D eigenvalue weighted by Crippen LogP contribution is 2.30. The second-order valence-corrected chi connectivity index (χ2v) is 6.61. The SMILES string of the molecule is CCCNC(c1ccc(Br)c(C)c1)c1c(Br)cnn1C. The zero-order valence-corrected chi connectivity index (χ0v) is 15.1. The van der Waals surface area contributed by atoms with Crippen LogP contribution in [0, 0.1) is 6.92 Å². The van der Waals surface area contributed by atoms with Crippen LogP contribution in [0.5, 0.6) is 0 Å². The fraction of sp³-hybridized carbons (Fsp3) is 0.400. The first-order chi connectivity index (χ1) is 9.54. The summed E-state index contributed by atoms with van der Waals surface area (Å²) in [5.41, 5.74) is 3.65. The molecule has 1 aromatic carbocycles. The van der Waals surface area contributed by atoms with Crippen LogP contribution in [0.15, 0.2) is 33.3 Å². The standard InChI is InChI=1S/C15H19Br2N3/c1-4-7-18-14(15-13(17)9-19-20(15)3)11-5-6-12(16)10(2)8-11/h5-6,8-9,14,18H,4,7H2,1-3H3. The average molecular weight is 401 g/mol. The van der Waals surface area contributed by atoms with E-state index in [2.05, 4.69) is 74.3 Å². The molecule has 2 aromatic rings. The lowest BCUT2D eigenvalue weighted by Gasteiger charge is -2.21. The number of halogens is 2. The molecular formula is C15H19Br2N3. The summed E-state index contributed by atoms with van der Waals surface area (Å²) >= 11 is 7.17. The van der Waals surface area contributed by atoms with Gasteiger partial charge in [-0.05, 0) is 53.0 Å². The number of hydrogen-bond acceptors (Lipinski definition) is 2. The van der Waals surface area contributed by atoms with E-state index >= 15 is 0 Å². The maximum Gasteiger partial charge on any atom is 0.0759 e. The molecule has 0 saturated carbocycles. The normalized spacial score (nSPS) is 12.7. The highest BCUT2D eigenvalue weighted by Gasteiger charge is 2.20. The number of aromatic nitrogens is 2. The molecule has 0 aliphatic carbocycles. The van der Waals surface area contributed by atoms with Crippen molar-refractivity contribution < 1.29 is 0 Å². The van der Waals surface area contributed by atoms with E-state index in [0.29, 0.717) is 0 Å². The molecule has 3 nitrogen and oxygen atoms in total. The first-order valence-corrected chi connectivity index (χ1v) is 8.30. The van der Waals surface area contributed by atoms with Crippen LogP contribution >= 0.6 is 31.9 Å². The summed E-state index contributed by atoms with van der Waals surface area (Å²) in [4.78, 5) is 0. The molecule has 0 spiro atoms. The van der Waals surface area contributed by atoms with Crippen molar-refractivity contribution in [2.24, 2.45) is 7.05 Å². The number of nitrogens with zero attached hydrogens (tertiary/aromatic N) is 2. The lowest BCUT2D eigenvalue weighted by atomic mass is 10.0. The van der Waals surface area contributed by atoms with Crippen molar-refractivity contribution in [3.63, 3.8) is 0 Å². The van der Waals surface area contributed by atoms with Gasteiger partial charge >= 0.3 is 0 Å². The molecule has 20 heavy (non-hydrogen) atoms. The van der Waals surface area contributed by atoms with Gasteiger partial charge in [-0.3, -0.25) is 4.68 Å². The van der Waals surface area contributed by atoms with E-state index in [1.165, 1.54) is 11.1 Å². The van der Waals surface area contributed by atoms with Crippen LogP contribution in [0.2, 0.25) is 0 Å². The number of rotatable bonds is 5.